The summed E-state index contributed by atoms with van der Waals surface area (Å²) in [4.78, 5) is 12.5. The molecule has 0 saturated heterocycles. The normalized spacial score (nSPS) is 11.1. The lowest BCUT2D eigenvalue weighted by molar-refractivity contribution is -0.112. The predicted molar refractivity (Wildman–Crippen MR) is 126 cm³/mol. The van der Waals surface area contributed by atoms with Crippen LogP contribution < -0.4 is 10.1 Å². The smallest absolute Gasteiger partial charge is 0.266 e. The summed E-state index contributed by atoms with van der Waals surface area (Å²) in [7, 11) is 0. The number of nitrogens with zero attached hydrogens (tertiary/aromatic N) is 1. The Balaban J connectivity index is 1.77. The lowest BCUT2D eigenvalue weighted by Crippen LogP contribution is -2.13. The Labute approximate surface area is 199 Å². The van der Waals surface area contributed by atoms with Crippen LogP contribution in [0, 0.1) is 24.1 Å². The number of amides is 1. The summed E-state index contributed by atoms with van der Waals surface area (Å²) in [6, 6.07) is 15.8. The largest absolute Gasteiger partial charge is 0.486 e. The van der Waals surface area contributed by atoms with Crippen molar-refractivity contribution in [3.63, 3.8) is 0 Å². The van der Waals surface area contributed by atoms with Crippen LogP contribution in [0.25, 0.3) is 6.08 Å². The molecule has 0 bridgehead atoms. The molecule has 0 saturated carbocycles. The van der Waals surface area contributed by atoms with Gasteiger partial charge < -0.3 is 10.1 Å². The quantitative estimate of drug-likeness (QED) is 0.294. The highest BCUT2D eigenvalue weighted by molar-refractivity contribution is 6.37. The summed E-state index contributed by atoms with van der Waals surface area (Å²) < 4.78 is 18.7. The number of nitrogens with one attached hydrogen (secondary N) is 1. The molecule has 3 aromatic rings. The average molecular weight is 490 g/mol. The zero-order chi connectivity index (χ0) is 23.3. The zero-order valence-electron chi connectivity index (χ0n) is 16.8. The van der Waals surface area contributed by atoms with E-state index in [9.17, 15) is 14.4 Å². The van der Waals surface area contributed by atoms with Crippen molar-refractivity contribution >= 4 is 52.5 Å². The van der Waals surface area contributed by atoms with Gasteiger partial charge in [-0.2, -0.15) is 5.26 Å². The van der Waals surface area contributed by atoms with E-state index >= 15 is 0 Å². The molecule has 0 fully saturated rings. The Morgan fingerprint density at radius 1 is 1.06 bits per heavy atom. The maximum absolute atomic E-state index is 13.0. The number of ether oxygens (including phenoxy) is 1. The lowest BCUT2D eigenvalue weighted by Gasteiger charge is -2.11. The number of nitriles is 1. The van der Waals surface area contributed by atoms with E-state index in [0.29, 0.717) is 16.3 Å². The lowest BCUT2D eigenvalue weighted by atomic mass is 10.1. The van der Waals surface area contributed by atoms with Crippen LogP contribution in [0.1, 0.15) is 16.7 Å². The number of rotatable bonds is 6. The van der Waals surface area contributed by atoms with Gasteiger partial charge in [-0.05, 0) is 66.1 Å². The van der Waals surface area contributed by atoms with Gasteiger partial charge in [0, 0.05) is 10.7 Å². The number of halogens is 4. The van der Waals surface area contributed by atoms with E-state index in [0.717, 1.165) is 11.1 Å². The van der Waals surface area contributed by atoms with E-state index in [1.54, 1.807) is 30.3 Å². The highest BCUT2D eigenvalue weighted by atomic mass is 35.5. The maximum Gasteiger partial charge on any atom is 0.266 e. The Kier molecular flexibility index (Phi) is 7.76. The second kappa shape index (κ2) is 10.5. The van der Waals surface area contributed by atoms with E-state index in [2.05, 4.69) is 5.32 Å². The molecule has 0 aromatic heterocycles. The van der Waals surface area contributed by atoms with Gasteiger partial charge in [-0.3, -0.25) is 4.79 Å². The van der Waals surface area contributed by atoms with E-state index in [1.807, 2.05) is 13.0 Å². The van der Waals surface area contributed by atoms with Gasteiger partial charge in [0.25, 0.3) is 5.91 Å². The molecule has 162 valence electrons. The Hall–Kier alpha value is -3.04. The maximum atomic E-state index is 13.0. The van der Waals surface area contributed by atoms with Crippen molar-refractivity contribution in [1.82, 2.24) is 0 Å². The molecule has 3 aromatic carbocycles. The molecular weight excluding hydrogens is 474 g/mol. The molecule has 3 rings (SSSR count). The van der Waals surface area contributed by atoms with Crippen LogP contribution in [-0.4, -0.2) is 5.91 Å². The Morgan fingerprint density at radius 3 is 2.31 bits per heavy atom. The average Bonchev–Trinajstić information content (AvgIpc) is 2.75. The Bertz CT molecular complexity index is 1210. The van der Waals surface area contributed by atoms with Crippen molar-refractivity contribution in [1.29, 1.82) is 5.26 Å². The van der Waals surface area contributed by atoms with Crippen molar-refractivity contribution in [2.45, 2.75) is 13.5 Å². The minimum Gasteiger partial charge on any atom is -0.486 e. The third kappa shape index (κ3) is 6.02. The number of hydrogen-bond donors (Lipinski definition) is 1. The van der Waals surface area contributed by atoms with Gasteiger partial charge in [0.05, 0.1) is 10.0 Å². The Morgan fingerprint density at radius 2 is 1.72 bits per heavy atom. The first kappa shape index (κ1) is 23.6. The minimum atomic E-state index is -0.601. The molecule has 8 heteroatoms. The number of carbonyl (C=O) groups excluding carboxylic acids is 1. The molecule has 0 spiro atoms. The summed E-state index contributed by atoms with van der Waals surface area (Å²) in [5.74, 6) is -0.702. The second-order valence-electron chi connectivity index (χ2n) is 6.82. The van der Waals surface area contributed by atoms with Crippen LogP contribution in [0.4, 0.5) is 10.1 Å². The first-order valence-electron chi connectivity index (χ1n) is 9.32. The van der Waals surface area contributed by atoms with Crippen molar-refractivity contribution in [2.24, 2.45) is 0 Å². The number of anilines is 1. The molecular formula is C24H16Cl3FN2O2. The summed E-state index contributed by atoms with van der Waals surface area (Å²) in [5, 5.41) is 13.0. The summed E-state index contributed by atoms with van der Waals surface area (Å²) in [5.41, 5.74) is 2.37. The van der Waals surface area contributed by atoms with Crippen molar-refractivity contribution < 1.29 is 13.9 Å². The predicted octanol–water partition coefficient (Wildman–Crippen LogP) is 7.22. The van der Waals surface area contributed by atoms with Crippen LogP contribution in [0.2, 0.25) is 15.1 Å². The molecule has 0 unspecified atom stereocenters. The van der Waals surface area contributed by atoms with Crippen LogP contribution in [0.5, 0.6) is 5.75 Å². The van der Waals surface area contributed by atoms with Crippen molar-refractivity contribution in [2.75, 3.05) is 5.32 Å². The second-order valence-corrected chi connectivity index (χ2v) is 8.04. The molecule has 1 amide bonds. The standard InChI is InChI=1S/C24H16Cl3FN2O2/c1-14-2-7-19(11-20(14)25)30-24(31)17(12-29)8-16-9-21(26)23(22(27)10-16)32-13-15-3-5-18(28)6-4-15/h2-11H,13H2,1H3,(H,30,31)/b17-8-. The van der Waals surface area contributed by atoms with Gasteiger partial charge in [0.1, 0.15) is 24.1 Å². The van der Waals surface area contributed by atoms with Crippen LogP contribution in [-0.2, 0) is 11.4 Å². The van der Waals surface area contributed by atoms with Gasteiger partial charge in [-0.15, -0.1) is 0 Å². The number of hydrogen-bond acceptors (Lipinski definition) is 3. The van der Waals surface area contributed by atoms with Gasteiger partial charge in [0.2, 0.25) is 0 Å². The van der Waals surface area contributed by atoms with E-state index < -0.39 is 5.91 Å². The first-order chi connectivity index (χ1) is 15.3. The fourth-order valence-electron chi connectivity index (χ4n) is 2.72. The highest BCUT2D eigenvalue weighted by Crippen LogP contribution is 2.35. The monoisotopic (exact) mass is 488 g/mol. The highest BCUT2D eigenvalue weighted by Gasteiger charge is 2.14. The van der Waals surface area contributed by atoms with E-state index in [1.165, 1.54) is 30.3 Å². The molecule has 0 radical (unpaired) electrons. The van der Waals surface area contributed by atoms with Gasteiger partial charge in [0.15, 0.2) is 5.75 Å². The number of aryl methyl sites for hydroxylation is 1. The van der Waals surface area contributed by atoms with E-state index in [4.69, 9.17) is 39.5 Å². The zero-order valence-corrected chi connectivity index (χ0v) is 19.0. The topological polar surface area (TPSA) is 62.1 Å². The van der Waals surface area contributed by atoms with Crippen molar-refractivity contribution in [3.05, 3.63) is 97.7 Å². The molecule has 0 heterocycles. The SMILES string of the molecule is Cc1ccc(NC(=O)/C(C#N)=C\c2cc(Cl)c(OCc3ccc(F)cc3)c(Cl)c2)cc1Cl. The third-order valence-corrected chi connectivity index (χ3v) is 5.39. The molecule has 1 N–H and O–H groups in total. The van der Waals surface area contributed by atoms with E-state index in [-0.39, 0.29) is 33.8 Å². The van der Waals surface area contributed by atoms with Crippen molar-refractivity contribution in [3.8, 4) is 11.8 Å². The van der Waals surface area contributed by atoms with Crippen LogP contribution in [0.15, 0.2) is 60.2 Å². The van der Waals surface area contributed by atoms with Crippen LogP contribution >= 0.6 is 34.8 Å². The van der Waals surface area contributed by atoms with Crippen LogP contribution in [0.3, 0.4) is 0 Å². The molecule has 0 aliphatic rings. The third-order valence-electron chi connectivity index (χ3n) is 4.42. The molecule has 0 aliphatic carbocycles. The van der Waals surface area contributed by atoms with Gasteiger partial charge in [-0.1, -0.05) is 53.0 Å². The summed E-state index contributed by atoms with van der Waals surface area (Å²) in [6.07, 6.45) is 1.37. The fraction of sp³-hybridized carbons (Fsp3) is 0.0833. The summed E-state index contributed by atoms with van der Waals surface area (Å²) >= 11 is 18.7. The van der Waals surface area contributed by atoms with Gasteiger partial charge >= 0.3 is 0 Å². The molecule has 0 atom stereocenters. The molecule has 32 heavy (non-hydrogen) atoms. The molecule has 0 aliphatic heterocycles. The molecule has 4 nitrogen and oxygen atoms in total. The number of carbonyl (C=O) groups is 1. The fourth-order valence-corrected chi connectivity index (χ4v) is 3.51. The van der Waals surface area contributed by atoms with Gasteiger partial charge in [-0.25, -0.2) is 4.39 Å². The minimum absolute atomic E-state index is 0.139. The number of benzene rings is 3. The first-order valence-corrected chi connectivity index (χ1v) is 10.5. The summed E-state index contributed by atoms with van der Waals surface area (Å²) in [6.45, 7) is 1.98.